The maximum Gasteiger partial charge on any atom is 0.160 e. The lowest BCUT2D eigenvalue weighted by molar-refractivity contribution is 0.661. The molecule has 264 valence electrons. The van der Waals surface area contributed by atoms with Gasteiger partial charge in [-0.3, -0.25) is 0 Å². The van der Waals surface area contributed by atoms with E-state index >= 15 is 0 Å². The van der Waals surface area contributed by atoms with E-state index in [-0.39, 0.29) is 5.41 Å². The molecule has 0 atom stereocenters. The molecule has 0 saturated carbocycles. The van der Waals surface area contributed by atoms with Gasteiger partial charge in [-0.25, -0.2) is 9.97 Å². The summed E-state index contributed by atoms with van der Waals surface area (Å²) in [5, 5.41) is 6.19. The van der Waals surface area contributed by atoms with Gasteiger partial charge in [0, 0.05) is 37.2 Å². The third-order valence-electron chi connectivity index (χ3n) is 11.7. The van der Waals surface area contributed by atoms with E-state index in [0.29, 0.717) is 5.82 Å². The van der Waals surface area contributed by atoms with Crippen LogP contribution in [0.25, 0.3) is 98.2 Å². The summed E-state index contributed by atoms with van der Waals surface area (Å²) in [4.78, 5) is 11.8. The zero-order valence-electron chi connectivity index (χ0n) is 31.1. The topological polar surface area (TPSA) is 25.8 Å². The summed E-state index contributed by atoms with van der Waals surface area (Å²) in [6.45, 7) is 4.74. The summed E-state index contributed by atoms with van der Waals surface area (Å²) in [6, 6.07) is 65.9. The van der Waals surface area contributed by atoms with Crippen LogP contribution >= 0.6 is 11.3 Å². The number of rotatable bonds is 5. The Morgan fingerprint density at radius 1 is 0.411 bits per heavy atom. The van der Waals surface area contributed by atoms with Gasteiger partial charge in [0.25, 0.3) is 0 Å². The van der Waals surface area contributed by atoms with Crippen molar-refractivity contribution in [1.82, 2.24) is 9.97 Å². The Morgan fingerprint density at radius 3 is 1.80 bits per heavy atom. The van der Waals surface area contributed by atoms with Crippen molar-refractivity contribution in [3.63, 3.8) is 0 Å². The van der Waals surface area contributed by atoms with Crippen molar-refractivity contribution < 1.29 is 0 Å². The van der Waals surface area contributed by atoms with E-state index in [9.17, 15) is 0 Å². The van der Waals surface area contributed by atoms with Crippen LogP contribution in [-0.4, -0.2) is 9.97 Å². The summed E-state index contributed by atoms with van der Waals surface area (Å²) < 4.78 is 1.28. The highest BCUT2D eigenvalue weighted by atomic mass is 32.1. The highest BCUT2D eigenvalue weighted by molar-refractivity contribution is 7.22. The van der Waals surface area contributed by atoms with Gasteiger partial charge < -0.3 is 0 Å². The normalized spacial score (nSPS) is 13.0. The fourth-order valence-corrected chi connectivity index (χ4v) is 10.0. The second-order valence-electron chi connectivity index (χ2n) is 15.3. The molecule has 0 saturated heterocycles. The van der Waals surface area contributed by atoms with Crippen LogP contribution in [0, 0.1) is 0 Å². The molecule has 56 heavy (non-hydrogen) atoms. The maximum absolute atomic E-state index is 5.32. The predicted octanol–water partition coefficient (Wildman–Crippen LogP) is 14.6. The van der Waals surface area contributed by atoms with Gasteiger partial charge in [0.05, 0.1) is 11.4 Å². The first-order valence-electron chi connectivity index (χ1n) is 19.2. The minimum absolute atomic E-state index is 0.113. The smallest absolute Gasteiger partial charge is 0.160 e. The molecule has 11 rings (SSSR count). The SMILES string of the molecule is CC1(C)c2cc3ccccc3cc2-c2c(-c3ccc(-c4cc(-c5ccccc5-c5cc6ccccc6s5)nc(-c5ccccc5)n4)c4ccccc34)cccc21. The fraction of sp³-hybridized carbons (Fsp3) is 0.0566. The van der Waals surface area contributed by atoms with Crippen molar-refractivity contribution in [2.75, 3.05) is 0 Å². The maximum atomic E-state index is 5.32. The Morgan fingerprint density at radius 2 is 1.02 bits per heavy atom. The standard InChI is InChI=1S/C53H36N2S/c1-53(2)45-25-14-24-43(51(45)44-29-34-17-6-7-18-35(34)30-46(44)53)39-27-28-41(38-21-10-9-20-37(38)39)48-32-47(54-52(55-48)33-15-4-3-5-16-33)40-22-11-12-23-42(40)50-31-36-19-8-13-26-49(36)56-50/h3-32H,1-2H3. The zero-order valence-corrected chi connectivity index (χ0v) is 31.9. The Hall–Kier alpha value is -6.68. The van der Waals surface area contributed by atoms with Crippen LogP contribution < -0.4 is 0 Å². The summed E-state index contributed by atoms with van der Waals surface area (Å²) >= 11 is 1.82. The van der Waals surface area contributed by atoms with Gasteiger partial charge in [-0.15, -0.1) is 11.3 Å². The molecule has 0 bridgehead atoms. The lowest BCUT2D eigenvalue weighted by Crippen LogP contribution is -2.14. The summed E-state index contributed by atoms with van der Waals surface area (Å²) in [7, 11) is 0. The third kappa shape index (κ3) is 5.16. The number of aromatic nitrogens is 2. The lowest BCUT2D eigenvalue weighted by Gasteiger charge is -2.22. The molecule has 10 aromatic rings. The van der Waals surface area contributed by atoms with Crippen molar-refractivity contribution in [2.45, 2.75) is 19.3 Å². The predicted molar refractivity (Wildman–Crippen MR) is 237 cm³/mol. The number of hydrogen-bond donors (Lipinski definition) is 0. The lowest BCUT2D eigenvalue weighted by atomic mass is 9.81. The van der Waals surface area contributed by atoms with Crippen LogP contribution in [0.2, 0.25) is 0 Å². The molecule has 0 amide bonds. The van der Waals surface area contributed by atoms with E-state index in [0.717, 1.165) is 28.1 Å². The van der Waals surface area contributed by atoms with E-state index in [1.54, 1.807) is 0 Å². The molecular formula is C53H36N2S. The first kappa shape index (κ1) is 32.7. The van der Waals surface area contributed by atoms with Crippen LogP contribution in [0.15, 0.2) is 182 Å². The minimum atomic E-state index is -0.113. The molecule has 0 radical (unpaired) electrons. The van der Waals surface area contributed by atoms with E-state index in [1.165, 1.54) is 75.5 Å². The summed E-state index contributed by atoms with van der Waals surface area (Å²) in [6.07, 6.45) is 0. The van der Waals surface area contributed by atoms with Crippen LogP contribution in [0.4, 0.5) is 0 Å². The van der Waals surface area contributed by atoms with Gasteiger partial charge in [0.2, 0.25) is 0 Å². The Bertz CT molecular complexity index is 3140. The first-order chi connectivity index (χ1) is 27.5. The van der Waals surface area contributed by atoms with Crippen LogP contribution in [0.5, 0.6) is 0 Å². The molecule has 0 aliphatic heterocycles. The molecule has 2 aromatic heterocycles. The molecule has 8 aromatic carbocycles. The average molecular weight is 733 g/mol. The average Bonchev–Trinajstić information content (AvgIpc) is 3.79. The minimum Gasteiger partial charge on any atom is -0.228 e. The number of fused-ring (bicyclic) bond motifs is 6. The molecule has 3 heteroatoms. The number of hydrogen-bond acceptors (Lipinski definition) is 3. The van der Waals surface area contributed by atoms with Crippen molar-refractivity contribution in [3.8, 4) is 66.6 Å². The Balaban J connectivity index is 1.11. The Kier molecular flexibility index (Phi) is 7.42. The molecule has 0 N–H and O–H groups in total. The van der Waals surface area contributed by atoms with Crippen molar-refractivity contribution in [1.29, 1.82) is 0 Å². The van der Waals surface area contributed by atoms with Crippen LogP contribution in [0.3, 0.4) is 0 Å². The second-order valence-corrected chi connectivity index (χ2v) is 16.4. The largest absolute Gasteiger partial charge is 0.228 e. The summed E-state index contributed by atoms with van der Waals surface area (Å²) in [5.41, 5.74) is 14.0. The monoisotopic (exact) mass is 732 g/mol. The molecule has 2 nitrogen and oxygen atoms in total. The first-order valence-corrected chi connectivity index (χ1v) is 20.1. The second kappa shape index (κ2) is 12.7. The molecule has 0 fully saturated rings. The third-order valence-corrected chi connectivity index (χ3v) is 12.9. The quantitative estimate of drug-likeness (QED) is 0.176. The molecular weight excluding hydrogens is 697 g/mol. The Labute approximate surface area is 330 Å². The fourth-order valence-electron chi connectivity index (χ4n) is 8.93. The molecule has 2 heterocycles. The van der Waals surface area contributed by atoms with Crippen LogP contribution in [-0.2, 0) is 5.41 Å². The summed E-state index contributed by atoms with van der Waals surface area (Å²) in [5.74, 6) is 0.712. The number of thiophene rings is 1. The van der Waals surface area contributed by atoms with Gasteiger partial charge in [0.1, 0.15) is 0 Å². The van der Waals surface area contributed by atoms with Crippen molar-refractivity contribution in [3.05, 3.63) is 193 Å². The van der Waals surface area contributed by atoms with E-state index in [4.69, 9.17) is 9.97 Å². The van der Waals surface area contributed by atoms with Gasteiger partial charge in [-0.05, 0) is 90.6 Å². The van der Waals surface area contributed by atoms with Gasteiger partial charge in [0.15, 0.2) is 5.82 Å². The molecule has 0 unspecified atom stereocenters. The highest BCUT2D eigenvalue weighted by Gasteiger charge is 2.37. The van der Waals surface area contributed by atoms with Crippen molar-refractivity contribution in [2.24, 2.45) is 0 Å². The van der Waals surface area contributed by atoms with Crippen LogP contribution in [0.1, 0.15) is 25.0 Å². The van der Waals surface area contributed by atoms with Gasteiger partial charge in [-0.2, -0.15) is 0 Å². The number of benzene rings is 8. The molecule has 0 spiro atoms. The van der Waals surface area contributed by atoms with Gasteiger partial charge in [-0.1, -0.05) is 166 Å². The van der Waals surface area contributed by atoms with E-state index < -0.39 is 0 Å². The molecule has 1 aliphatic carbocycles. The zero-order chi connectivity index (χ0) is 37.4. The van der Waals surface area contributed by atoms with E-state index in [2.05, 4.69) is 190 Å². The van der Waals surface area contributed by atoms with Gasteiger partial charge >= 0.3 is 0 Å². The van der Waals surface area contributed by atoms with E-state index in [1.807, 2.05) is 17.4 Å². The van der Waals surface area contributed by atoms with Crippen molar-refractivity contribution >= 4 is 43.0 Å². The molecule has 1 aliphatic rings. The highest BCUT2D eigenvalue weighted by Crippen LogP contribution is 2.54. The number of nitrogens with zero attached hydrogens (tertiary/aromatic N) is 2.